The first-order valence-corrected chi connectivity index (χ1v) is 9.47. The number of pyridine rings is 1. The predicted molar refractivity (Wildman–Crippen MR) is 114 cm³/mol. The highest BCUT2D eigenvalue weighted by Crippen LogP contribution is 2.23. The van der Waals surface area contributed by atoms with Gasteiger partial charge in [-0.15, -0.1) is 0 Å². The zero-order valence-corrected chi connectivity index (χ0v) is 16.3. The molecule has 0 saturated carbocycles. The molecule has 0 saturated heterocycles. The van der Waals surface area contributed by atoms with Crippen LogP contribution in [0.25, 0.3) is 16.9 Å². The van der Waals surface area contributed by atoms with Crippen LogP contribution >= 0.6 is 0 Å². The number of aromatic nitrogens is 2. The summed E-state index contributed by atoms with van der Waals surface area (Å²) in [4.78, 5) is 17.2. The second-order valence-electron chi connectivity index (χ2n) is 7.36. The van der Waals surface area contributed by atoms with Crippen LogP contribution in [-0.4, -0.2) is 15.3 Å². The van der Waals surface area contributed by atoms with Gasteiger partial charge in [-0.05, 0) is 54.3 Å². The van der Waals surface area contributed by atoms with Gasteiger partial charge in [0.15, 0.2) is 0 Å². The van der Waals surface area contributed by atoms with Crippen molar-refractivity contribution in [2.24, 2.45) is 0 Å². The molecule has 2 aromatic carbocycles. The van der Waals surface area contributed by atoms with Crippen LogP contribution < -0.4 is 5.32 Å². The minimum atomic E-state index is -0.105. The lowest BCUT2D eigenvalue weighted by atomic mass is 10.0. The number of hydrogen-bond donors (Lipinski definition) is 1. The molecule has 4 nitrogen and oxygen atoms in total. The Morgan fingerprint density at radius 2 is 1.71 bits per heavy atom. The van der Waals surface area contributed by atoms with Gasteiger partial charge in [0.2, 0.25) is 0 Å². The molecule has 1 N–H and O–H groups in total. The third-order valence-corrected chi connectivity index (χ3v) is 4.96. The number of aryl methyl sites for hydroxylation is 1. The van der Waals surface area contributed by atoms with Crippen LogP contribution in [0.15, 0.2) is 73.1 Å². The summed E-state index contributed by atoms with van der Waals surface area (Å²) < 4.78 is 2.03. The van der Waals surface area contributed by atoms with E-state index < -0.39 is 0 Å². The van der Waals surface area contributed by atoms with Gasteiger partial charge in [-0.1, -0.05) is 44.2 Å². The fraction of sp³-hybridized carbons (Fsp3) is 0.167. The molecule has 4 aromatic rings. The Hall–Kier alpha value is -3.40. The molecule has 0 atom stereocenters. The van der Waals surface area contributed by atoms with Crippen LogP contribution in [0.2, 0.25) is 0 Å². The van der Waals surface area contributed by atoms with Crippen LogP contribution in [0.3, 0.4) is 0 Å². The Kier molecular flexibility index (Phi) is 4.70. The van der Waals surface area contributed by atoms with Crippen LogP contribution in [0, 0.1) is 6.92 Å². The van der Waals surface area contributed by atoms with E-state index in [4.69, 9.17) is 4.98 Å². The van der Waals surface area contributed by atoms with Crippen LogP contribution in [0.5, 0.6) is 0 Å². The molecule has 4 rings (SSSR count). The summed E-state index contributed by atoms with van der Waals surface area (Å²) in [6, 6.07) is 19.6. The maximum atomic E-state index is 12.5. The van der Waals surface area contributed by atoms with Crippen molar-refractivity contribution in [3.05, 3.63) is 89.7 Å². The Morgan fingerprint density at radius 3 is 2.36 bits per heavy atom. The first-order valence-electron chi connectivity index (χ1n) is 9.47. The molecule has 2 heterocycles. The zero-order chi connectivity index (χ0) is 19.7. The Morgan fingerprint density at radius 1 is 1.00 bits per heavy atom. The minimum Gasteiger partial charge on any atom is -0.322 e. The van der Waals surface area contributed by atoms with Gasteiger partial charge in [0, 0.05) is 29.2 Å². The molecule has 0 spiro atoms. The first kappa shape index (κ1) is 18.0. The Labute approximate surface area is 164 Å². The second-order valence-corrected chi connectivity index (χ2v) is 7.36. The number of fused-ring (bicyclic) bond motifs is 1. The molecule has 1 amide bonds. The molecule has 4 heteroatoms. The van der Waals surface area contributed by atoms with Crippen molar-refractivity contribution in [3.8, 4) is 11.3 Å². The number of carbonyl (C=O) groups excluding carboxylic acids is 1. The monoisotopic (exact) mass is 369 g/mol. The van der Waals surface area contributed by atoms with Crippen molar-refractivity contribution in [2.75, 3.05) is 5.32 Å². The van der Waals surface area contributed by atoms with Crippen LogP contribution in [0.4, 0.5) is 5.69 Å². The Bertz CT molecular complexity index is 1120. The molecule has 0 aliphatic carbocycles. The second kappa shape index (κ2) is 7.31. The van der Waals surface area contributed by atoms with Gasteiger partial charge in [-0.2, -0.15) is 0 Å². The summed E-state index contributed by atoms with van der Waals surface area (Å²) >= 11 is 0. The fourth-order valence-electron chi connectivity index (χ4n) is 3.24. The lowest BCUT2D eigenvalue weighted by Gasteiger charge is -2.08. The molecular formula is C24H23N3O. The van der Waals surface area contributed by atoms with E-state index in [9.17, 15) is 4.79 Å². The molecule has 0 fully saturated rings. The van der Waals surface area contributed by atoms with Crippen LogP contribution in [-0.2, 0) is 0 Å². The number of nitrogens with zero attached hydrogens (tertiary/aromatic N) is 2. The van der Waals surface area contributed by atoms with E-state index >= 15 is 0 Å². The van der Waals surface area contributed by atoms with Gasteiger partial charge < -0.3 is 9.72 Å². The summed E-state index contributed by atoms with van der Waals surface area (Å²) in [5, 5.41) is 2.96. The SMILES string of the molecule is Cc1cccn2cc(-c3ccc(NC(=O)c4ccc(C(C)C)cc4)cc3)nc12. The minimum absolute atomic E-state index is 0.105. The van der Waals surface area contributed by atoms with E-state index in [1.54, 1.807) is 0 Å². The fourth-order valence-corrected chi connectivity index (χ4v) is 3.24. The number of nitrogens with one attached hydrogen (secondary N) is 1. The highest BCUT2D eigenvalue weighted by atomic mass is 16.1. The van der Waals surface area contributed by atoms with E-state index in [0.717, 1.165) is 28.2 Å². The van der Waals surface area contributed by atoms with Gasteiger partial charge in [0.1, 0.15) is 5.65 Å². The molecule has 0 aliphatic rings. The van der Waals surface area contributed by atoms with E-state index in [1.165, 1.54) is 5.56 Å². The van der Waals surface area contributed by atoms with Gasteiger partial charge in [-0.25, -0.2) is 4.98 Å². The van der Waals surface area contributed by atoms with Crippen LogP contribution in [0.1, 0.15) is 41.3 Å². The van der Waals surface area contributed by atoms with Crippen molar-refractivity contribution in [1.29, 1.82) is 0 Å². The Balaban J connectivity index is 1.51. The number of imidazole rings is 1. The van der Waals surface area contributed by atoms with Gasteiger partial charge in [-0.3, -0.25) is 4.79 Å². The number of hydrogen-bond acceptors (Lipinski definition) is 2. The quantitative estimate of drug-likeness (QED) is 0.503. The largest absolute Gasteiger partial charge is 0.322 e. The van der Waals surface area contributed by atoms with Crippen molar-refractivity contribution < 1.29 is 4.79 Å². The molecule has 0 radical (unpaired) electrons. The zero-order valence-electron chi connectivity index (χ0n) is 16.3. The first-order chi connectivity index (χ1) is 13.5. The van der Waals surface area contributed by atoms with E-state index in [-0.39, 0.29) is 5.91 Å². The van der Waals surface area contributed by atoms with Crippen molar-refractivity contribution in [2.45, 2.75) is 26.7 Å². The maximum absolute atomic E-state index is 12.5. The number of benzene rings is 2. The van der Waals surface area contributed by atoms with E-state index in [1.807, 2.05) is 71.4 Å². The highest BCUT2D eigenvalue weighted by molar-refractivity contribution is 6.04. The molecular weight excluding hydrogens is 346 g/mol. The number of anilines is 1. The average molecular weight is 369 g/mol. The smallest absolute Gasteiger partial charge is 0.255 e. The maximum Gasteiger partial charge on any atom is 0.255 e. The topological polar surface area (TPSA) is 46.4 Å². The molecule has 0 unspecified atom stereocenters. The summed E-state index contributed by atoms with van der Waals surface area (Å²) in [5.74, 6) is 0.347. The van der Waals surface area contributed by atoms with Gasteiger partial charge >= 0.3 is 0 Å². The molecule has 0 aliphatic heterocycles. The summed E-state index contributed by atoms with van der Waals surface area (Å²) in [5.41, 5.74) is 6.68. The summed E-state index contributed by atoms with van der Waals surface area (Å²) in [7, 11) is 0. The standard InChI is InChI=1S/C24H23N3O/c1-16(2)18-6-8-20(9-7-18)24(28)25-21-12-10-19(11-13-21)22-15-27-14-4-5-17(3)23(27)26-22/h4-16H,1-3H3,(H,25,28). The summed E-state index contributed by atoms with van der Waals surface area (Å²) in [6.07, 6.45) is 4.02. The van der Waals surface area contributed by atoms with Crippen molar-refractivity contribution in [3.63, 3.8) is 0 Å². The highest BCUT2D eigenvalue weighted by Gasteiger charge is 2.09. The average Bonchev–Trinajstić information content (AvgIpc) is 3.14. The third kappa shape index (κ3) is 3.54. The third-order valence-electron chi connectivity index (χ3n) is 4.96. The lowest BCUT2D eigenvalue weighted by Crippen LogP contribution is -2.11. The number of amides is 1. The molecule has 0 bridgehead atoms. The van der Waals surface area contributed by atoms with Crippen molar-refractivity contribution in [1.82, 2.24) is 9.38 Å². The van der Waals surface area contributed by atoms with E-state index in [2.05, 4.69) is 32.2 Å². The normalized spacial score (nSPS) is 11.1. The number of carbonyl (C=O) groups is 1. The molecule has 2 aromatic heterocycles. The molecule has 28 heavy (non-hydrogen) atoms. The molecule has 140 valence electrons. The lowest BCUT2D eigenvalue weighted by molar-refractivity contribution is 0.102. The van der Waals surface area contributed by atoms with Crippen molar-refractivity contribution >= 4 is 17.2 Å². The van der Waals surface area contributed by atoms with E-state index in [0.29, 0.717) is 11.5 Å². The van der Waals surface area contributed by atoms with Gasteiger partial charge in [0.05, 0.1) is 5.69 Å². The predicted octanol–water partition coefficient (Wildman–Crippen LogP) is 5.69. The summed E-state index contributed by atoms with van der Waals surface area (Å²) in [6.45, 7) is 6.33. The number of rotatable bonds is 4. The van der Waals surface area contributed by atoms with Gasteiger partial charge in [0.25, 0.3) is 5.91 Å².